The van der Waals surface area contributed by atoms with Crippen LogP contribution in [0.25, 0.3) is 0 Å². The number of hydrogen-bond donors (Lipinski definition) is 0. The van der Waals surface area contributed by atoms with Crippen LogP contribution in [0.5, 0.6) is 0 Å². The Morgan fingerprint density at radius 3 is 2.31 bits per heavy atom. The van der Waals surface area contributed by atoms with Crippen LogP contribution >= 0.6 is 92.2 Å². The van der Waals surface area contributed by atoms with Gasteiger partial charge in [-0.15, -0.1) is 0 Å². The Balaban J connectivity index is 1.79. The van der Waals surface area contributed by atoms with Crippen LogP contribution < -0.4 is 0 Å². The summed E-state index contributed by atoms with van der Waals surface area (Å²) >= 11 is 14.6. The molecule has 16 heavy (non-hydrogen) atoms. The summed E-state index contributed by atoms with van der Waals surface area (Å²) in [7, 11) is 0. The molecule has 0 aliphatic carbocycles. The molecule has 0 saturated carbocycles. The summed E-state index contributed by atoms with van der Waals surface area (Å²) in [5.41, 5.74) is 0. The molecular weight excluding hydrogens is 636 g/mol. The molecule has 3 rings (SSSR count). The summed E-state index contributed by atoms with van der Waals surface area (Å²) in [6, 6.07) is 0. The van der Waals surface area contributed by atoms with Crippen LogP contribution in [0, 0.1) is 0 Å². The first-order chi connectivity index (χ1) is 7.74. The average molecular weight is 640 g/mol. The van der Waals surface area contributed by atoms with Crippen molar-refractivity contribution in [1.82, 2.24) is 0 Å². The standard InChI is InChI=1S/C8H4I2S4Se2/c9-3-4(10)15-7(13-3)8-14-5-6(16-8)12-2-1-11-5/h1-2H2/b8-7-. The number of rotatable bonds is 0. The van der Waals surface area contributed by atoms with Gasteiger partial charge in [0.25, 0.3) is 0 Å². The molecule has 8 heteroatoms. The van der Waals surface area contributed by atoms with Gasteiger partial charge in [-0.2, -0.15) is 0 Å². The van der Waals surface area contributed by atoms with E-state index in [0.717, 1.165) is 0 Å². The molecule has 0 N–H and O–H groups in total. The Bertz CT molecular complexity index is 407. The zero-order valence-electron chi connectivity index (χ0n) is 7.62. The van der Waals surface area contributed by atoms with Gasteiger partial charge in [-0.3, -0.25) is 0 Å². The molecule has 0 amide bonds. The Morgan fingerprint density at radius 1 is 0.875 bits per heavy atom. The van der Waals surface area contributed by atoms with Crippen molar-refractivity contribution in [2.75, 3.05) is 11.5 Å². The molecule has 0 fully saturated rings. The zero-order chi connectivity index (χ0) is 11.1. The Hall–Kier alpha value is 3.12. The summed E-state index contributed by atoms with van der Waals surface area (Å²) in [5.74, 6) is 2.63. The fraction of sp³-hybridized carbons (Fsp3) is 0.250. The van der Waals surface area contributed by atoms with Gasteiger partial charge in [0.2, 0.25) is 0 Å². The second-order valence-electron chi connectivity index (χ2n) is 2.80. The van der Waals surface area contributed by atoms with E-state index >= 15 is 0 Å². The molecule has 0 bridgehead atoms. The third-order valence-corrected chi connectivity index (χ3v) is 19.9. The zero-order valence-corrected chi connectivity index (χ0v) is 18.6. The SMILES string of the molecule is IC1=C(I)[Se]/C(=C2/SC3=C(SCCS3)[Se]2)S1. The first-order valence-corrected chi connectivity index (χ1v) is 13.4. The molecular formula is C8H4I2S4Se2. The maximum atomic E-state index is 2.52. The number of thioether (sulfide) groups is 4. The summed E-state index contributed by atoms with van der Waals surface area (Å²) in [6.45, 7) is 0. The first kappa shape index (κ1) is 14.1. The van der Waals surface area contributed by atoms with Crippen LogP contribution in [0.1, 0.15) is 0 Å². The van der Waals surface area contributed by atoms with Gasteiger partial charge in [-0.25, -0.2) is 0 Å². The van der Waals surface area contributed by atoms with Crippen molar-refractivity contribution in [3.05, 3.63) is 21.0 Å². The Morgan fingerprint density at radius 2 is 1.62 bits per heavy atom. The number of hydrogen-bond acceptors (Lipinski definition) is 4. The summed E-state index contributed by atoms with van der Waals surface area (Å²) < 4.78 is 9.87. The fourth-order valence-electron chi connectivity index (χ4n) is 1.15. The molecule has 0 saturated heterocycles. The van der Waals surface area contributed by atoms with E-state index in [4.69, 9.17) is 0 Å². The molecule has 3 aliphatic rings. The van der Waals surface area contributed by atoms with Gasteiger partial charge < -0.3 is 0 Å². The summed E-state index contributed by atoms with van der Waals surface area (Å²) in [5, 5.41) is 0. The second kappa shape index (κ2) is 6.26. The van der Waals surface area contributed by atoms with Crippen LogP contribution in [0.15, 0.2) is 21.0 Å². The van der Waals surface area contributed by atoms with E-state index in [0.29, 0.717) is 29.9 Å². The molecule has 0 aromatic heterocycles. The predicted octanol–water partition coefficient (Wildman–Crippen LogP) is 4.62. The second-order valence-corrected chi connectivity index (χ2v) is 17.9. The molecule has 86 valence electrons. The van der Waals surface area contributed by atoms with Gasteiger partial charge in [-0.05, 0) is 0 Å². The fourth-order valence-corrected chi connectivity index (χ4v) is 18.6. The van der Waals surface area contributed by atoms with E-state index in [1.54, 1.807) is 18.1 Å². The molecule has 0 aromatic rings. The van der Waals surface area contributed by atoms with Crippen molar-refractivity contribution >= 4 is 122 Å². The Labute approximate surface area is 152 Å². The van der Waals surface area contributed by atoms with Crippen molar-refractivity contribution in [3.63, 3.8) is 0 Å². The minimum absolute atomic E-state index is 0.621. The Kier molecular flexibility index (Phi) is 5.51. The van der Waals surface area contributed by atoms with Crippen molar-refractivity contribution in [2.24, 2.45) is 0 Å². The monoisotopic (exact) mass is 642 g/mol. The molecule has 0 radical (unpaired) electrons. The molecule has 0 nitrogen and oxygen atoms in total. The predicted molar refractivity (Wildman–Crippen MR) is 101 cm³/mol. The van der Waals surface area contributed by atoms with Gasteiger partial charge in [-0.1, -0.05) is 0 Å². The van der Waals surface area contributed by atoms with Crippen molar-refractivity contribution in [1.29, 1.82) is 0 Å². The third-order valence-electron chi connectivity index (χ3n) is 1.77. The quantitative estimate of drug-likeness (QED) is 0.280. The molecule has 0 unspecified atom stereocenters. The molecule has 3 heterocycles. The molecule has 0 spiro atoms. The van der Waals surface area contributed by atoms with Crippen LogP contribution in [0.3, 0.4) is 0 Å². The van der Waals surface area contributed by atoms with Crippen LogP contribution in [0.2, 0.25) is 0 Å². The average Bonchev–Trinajstić information content (AvgIpc) is 2.83. The van der Waals surface area contributed by atoms with E-state index < -0.39 is 0 Å². The maximum absolute atomic E-state index is 2.52. The van der Waals surface area contributed by atoms with Crippen LogP contribution in [0.4, 0.5) is 0 Å². The minimum atomic E-state index is 0.621. The van der Waals surface area contributed by atoms with Gasteiger partial charge >= 0.3 is 155 Å². The van der Waals surface area contributed by atoms with Gasteiger partial charge in [0.15, 0.2) is 0 Å². The molecule has 3 aliphatic heterocycles. The summed E-state index contributed by atoms with van der Waals surface area (Å²) in [6.07, 6.45) is 0. The van der Waals surface area contributed by atoms with Crippen molar-refractivity contribution < 1.29 is 0 Å². The van der Waals surface area contributed by atoms with Crippen molar-refractivity contribution in [3.8, 4) is 0 Å². The van der Waals surface area contributed by atoms with Gasteiger partial charge in [0.05, 0.1) is 0 Å². The van der Waals surface area contributed by atoms with E-state index in [1.807, 2.05) is 11.8 Å². The normalized spacial score (nSPS) is 30.4. The van der Waals surface area contributed by atoms with Crippen LogP contribution in [-0.2, 0) is 0 Å². The van der Waals surface area contributed by atoms with E-state index in [2.05, 4.69) is 80.5 Å². The molecule has 0 aromatic carbocycles. The van der Waals surface area contributed by atoms with Crippen molar-refractivity contribution in [2.45, 2.75) is 0 Å². The van der Waals surface area contributed by atoms with E-state index in [-0.39, 0.29) is 0 Å². The van der Waals surface area contributed by atoms with Crippen LogP contribution in [-0.4, -0.2) is 41.4 Å². The third kappa shape index (κ3) is 3.06. The first-order valence-electron chi connectivity index (χ1n) is 4.25. The van der Waals surface area contributed by atoms with Gasteiger partial charge in [0.1, 0.15) is 0 Å². The van der Waals surface area contributed by atoms with Gasteiger partial charge in [0, 0.05) is 0 Å². The topological polar surface area (TPSA) is 0 Å². The van der Waals surface area contributed by atoms with E-state index in [1.165, 1.54) is 14.4 Å². The van der Waals surface area contributed by atoms with E-state index in [9.17, 15) is 0 Å². The summed E-state index contributed by atoms with van der Waals surface area (Å²) in [4.78, 5) is 0. The number of halogens is 2. The molecule has 0 atom stereocenters.